The van der Waals surface area contributed by atoms with E-state index in [0.717, 1.165) is 0 Å². The van der Waals surface area contributed by atoms with Crippen LogP contribution in [0.1, 0.15) is 22.5 Å². The number of hydrogen-bond acceptors (Lipinski definition) is 5. The molecular formula is C8H12N2O2S3. The van der Waals surface area contributed by atoms with Crippen molar-refractivity contribution in [1.29, 1.82) is 0 Å². The Morgan fingerprint density at radius 3 is 2.60 bits per heavy atom. The first-order chi connectivity index (χ1) is 6.85. The third-order valence-corrected chi connectivity index (χ3v) is 5.15. The summed E-state index contributed by atoms with van der Waals surface area (Å²) in [6, 6.07) is 0. The zero-order valence-electron chi connectivity index (χ0n) is 8.48. The Hall–Kier alpha value is -0.530. The molecular weight excluding hydrogens is 252 g/mol. The molecule has 0 aliphatic carbocycles. The molecule has 0 radical (unpaired) electrons. The Morgan fingerprint density at radius 2 is 2.20 bits per heavy atom. The molecule has 0 atom stereocenters. The molecule has 1 aromatic rings. The third-order valence-electron chi connectivity index (χ3n) is 1.85. The Labute approximate surface area is 98.4 Å². The zero-order chi connectivity index (χ0) is 11.6. The molecule has 0 spiro atoms. The van der Waals surface area contributed by atoms with E-state index in [4.69, 9.17) is 18.0 Å². The summed E-state index contributed by atoms with van der Waals surface area (Å²) in [6.07, 6.45) is 0. The van der Waals surface area contributed by atoms with Gasteiger partial charge >= 0.3 is 0 Å². The molecule has 2 N–H and O–H groups in total. The van der Waals surface area contributed by atoms with Crippen LogP contribution >= 0.6 is 23.6 Å². The van der Waals surface area contributed by atoms with Crippen molar-refractivity contribution in [2.75, 3.05) is 5.75 Å². The largest absolute Gasteiger partial charge is 0.389 e. The molecule has 0 unspecified atom stereocenters. The van der Waals surface area contributed by atoms with E-state index in [0.29, 0.717) is 15.6 Å². The minimum atomic E-state index is -3.04. The summed E-state index contributed by atoms with van der Waals surface area (Å²) >= 11 is 6.08. The molecule has 7 heteroatoms. The van der Waals surface area contributed by atoms with Gasteiger partial charge in [0.05, 0.1) is 10.6 Å². The highest BCUT2D eigenvalue weighted by Gasteiger charge is 2.15. The van der Waals surface area contributed by atoms with Gasteiger partial charge < -0.3 is 5.73 Å². The van der Waals surface area contributed by atoms with Crippen LogP contribution in [0, 0.1) is 6.92 Å². The van der Waals surface area contributed by atoms with Gasteiger partial charge in [0.1, 0.15) is 15.7 Å². The quantitative estimate of drug-likeness (QED) is 0.822. The number of thiazole rings is 1. The van der Waals surface area contributed by atoms with Crippen molar-refractivity contribution in [3.8, 4) is 0 Å². The summed E-state index contributed by atoms with van der Waals surface area (Å²) in [5.41, 5.74) is 6.18. The molecule has 1 aromatic heterocycles. The number of aryl methyl sites for hydroxylation is 1. The van der Waals surface area contributed by atoms with Gasteiger partial charge in [0.2, 0.25) is 0 Å². The maximum Gasteiger partial charge on any atom is 0.156 e. The minimum absolute atomic E-state index is 0.0301. The highest BCUT2D eigenvalue weighted by molar-refractivity contribution is 7.90. The Morgan fingerprint density at radius 1 is 1.60 bits per heavy atom. The SMILES string of the molecule is CCS(=O)(=O)Cc1nc(C)c(C(N)=S)s1. The maximum atomic E-state index is 11.4. The number of nitrogens with zero attached hydrogens (tertiary/aromatic N) is 1. The Kier molecular flexibility index (Phi) is 3.80. The van der Waals surface area contributed by atoms with Gasteiger partial charge in [0.25, 0.3) is 0 Å². The van der Waals surface area contributed by atoms with Crippen LogP contribution in [-0.4, -0.2) is 24.1 Å². The van der Waals surface area contributed by atoms with E-state index in [1.54, 1.807) is 13.8 Å². The van der Waals surface area contributed by atoms with Crippen LogP contribution in [0.2, 0.25) is 0 Å². The van der Waals surface area contributed by atoms with Gasteiger partial charge in [-0.1, -0.05) is 19.1 Å². The minimum Gasteiger partial charge on any atom is -0.389 e. The van der Waals surface area contributed by atoms with Gasteiger partial charge in [0.15, 0.2) is 9.84 Å². The standard InChI is InChI=1S/C8H12N2O2S3/c1-3-15(11,12)4-6-10-5(2)7(14-6)8(9)13/h3-4H2,1-2H3,(H2,9,13). The van der Waals surface area contributed by atoms with E-state index in [1.165, 1.54) is 11.3 Å². The smallest absolute Gasteiger partial charge is 0.156 e. The molecule has 1 heterocycles. The molecule has 15 heavy (non-hydrogen) atoms. The van der Waals surface area contributed by atoms with Gasteiger partial charge in [0, 0.05) is 5.75 Å². The molecule has 0 aliphatic heterocycles. The van der Waals surface area contributed by atoms with Crippen molar-refractivity contribution in [2.24, 2.45) is 5.73 Å². The van der Waals surface area contributed by atoms with Gasteiger partial charge in [-0.15, -0.1) is 11.3 Å². The average Bonchev–Trinajstić information content (AvgIpc) is 2.46. The van der Waals surface area contributed by atoms with Crippen molar-refractivity contribution in [1.82, 2.24) is 4.98 Å². The highest BCUT2D eigenvalue weighted by atomic mass is 32.2. The van der Waals surface area contributed by atoms with Gasteiger partial charge in [-0.05, 0) is 6.92 Å². The number of rotatable bonds is 4. The van der Waals surface area contributed by atoms with E-state index in [1.807, 2.05) is 0 Å². The predicted molar refractivity (Wildman–Crippen MR) is 65.9 cm³/mol. The van der Waals surface area contributed by atoms with Crippen LogP contribution in [0.4, 0.5) is 0 Å². The van der Waals surface area contributed by atoms with Crippen molar-refractivity contribution < 1.29 is 8.42 Å². The Bertz CT molecular complexity index is 476. The fourth-order valence-electron chi connectivity index (χ4n) is 1.03. The van der Waals surface area contributed by atoms with E-state index in [2.05, 4.69) is 4.98 Å². The lowest BCUT2D eigenvalue weighted by molar-refractivity contribution is 0.596. The fourth-order valence-corrected chi connectivity index (χ4v) is 3.44. The van der Waals surface area contributed by atoms with Crippen molar-refractivity contribution in [3.63, 3.8) is 0 Å². The van der Waals surface area contributed by atoms with Crippen molar-refractivity contribution in [2.45, 2.75) is 19.6 Å². The monoisotopic (exact) mass is 264 g/mol. The number of nitrogens with two attached hydrogens (primary N) is 1. The molecule has 0 saturated heterocycles. The lowest BCUT2D eigenvalue weighted by Gasteiger charge is -1.95. The lowest BCUT2D eigenvalue weighted by Crippen LogP contribution is -2.08. The summed E-state index contributed by atoms with van der Waals surface area (Å²) in [7, 11) is -3.04. The summed E-state index contributed by atoms with van der Waals surface area (Å²) in [4.78, 5) is 5.11. The highest BCUT2D eigenvalue weighted by Crippen LogP contribution is 2.19. The first-order valence-corrected chi connectivity index (χ1v) is 7.37. The third kappa shape index (κ3) is 3.22. The van der Waals surface area contributed by atoms with Crippen LogP contribution in [0.15, 0.2) is 0 Å². The fraction of sp³-hybridized carbons (Fsp3) is 0.500. The van der Waals surface area contributed by atoms with E-state index in [-0.39, 0.29) is 16.5 Å². The Balaban J connectivity index is 2.99. The molecule has 84 valence electrons. The van der Waals surface area contributed by atoms with Gasteiger partial charge in [-0.25, -0.2) is 13.4 Å². The molecule has 0 saturated carbocycles. The summed E-state index contributed by atoms with van der Waals surface area (Å²) in [6.45, 7) is 3.39. The van der Waals surface area contributed by atoms with Crippen LogP contribution < -0.4 is 5.73 Å². The predicted octanol–water partition coefficient (Wildman–Crippen LogP) is 1.02. The molecule has 0 amide bonds. The van der Waals surface area contributed by atoms with Gasteiger partial charge in [-0.3, -0.25) is 0 Å². The van der Waals surface area contributed by atoms with Crippen molar-refractivity contribution in [3.05, 3.63) is 15.6 Å². The topological polar surface area (TPSA) is 73.0 Å². The molecule has 0 aliphatic rings. The maximum absolute atomic E-state index is 11.4. The number of thiocarbonyl (C=S) groups is 1. The number of sulfone groups is 1. The molecule has 0 aromatic carbocycles. The van der Waals surface area contributed by atoms with E-state index < -0.39 is 9.84 Å². The molecule has 0 bridgehead atoms. The van der Waals surface area contributed by atoms with Crippen LogP contribution in [0.3, 0.4) is 0 Å². The average molecular weight is 264 g/mol. The summed E-state index contributed by atoms with van der Waals surface area (Å²) < 4.78 is 22.7. The molecule has 1 rings (SSSR count). The molecule has 4 nitrogen and oxygen atoms in total. The van der Waals surface area contributed by atoms with E-state index >= 15 is 0 Å². The molecule has 0 fully saturated rings. The second kappa shape index (κ2) is 4.54. The summed E-state index contributed by atoms with van der Waals surface area (Å²) in [5, 5.41) is 0.553. The van der Waals surface area contributed by atoms with E-state index in [9.17, 15) is 8.42 Å². The zero-order valence-corrected chi connectivity index (χ0v) is 10.9. The van der Waals surface area contributed by atoms with Crippen LogP contribution in [-0.2, 0) is 15.6 Å². The van der Waals surface area contributed by atoms with Gasteiger partial charge in [-0.2, -0.15) is 0 Å². The normalized spacial score (nSPS) is 11.6. The summed E-state index contributed by atoms with van der Waals surface area (Å²) in [5.74, 6) is 0.0889. The second-order valence-corrected chi connectivity index (χ2v) is 6.94. The first kappa shape index (κ1) is 12.5. The second-order valence-electron chi connectivity index (χ2n) is 3.06. The van der Waals surface area contributed by atoms with Crippen LogP contribution in [0.25, 0.3) is 0 Å². The van der Waals surface area contributed by atoms with Crippen molar-refractivity contribution >= 4 is 38.4 Å². The lowest BCUT2D eigenvalue weighted by atomic mass is 10.4. The number of hydrogen-bond donors (Lipinski definition) is 1. The first-order valence-electron chi connectivity index (χ1n) is 4.32. The van der Waals surface area contributed by atoms with Crippen LogP contribution in [0.5, 0.6) is 0 Å². The number of aromatic nitrogens is 1.